The molecule has 0 radical (unpaired) electrons. The first-order valence-corrected chi connectivity index (χ1v) is 10.7. The van der Waals surface area contributed by atoms with Gasteiger partial charge in [-0.1, -0.05) is 41.9 Å². The van der Waals surface area contributed by atoms with Crippen LogP contribution in [0.1, 0.15) is 44.2 Å². The van der Waals surface area contributed by atoms with Crippen LogP contribution in [0.15, 0.2) is 52.5 Å². The molecular weight excluding hydrogens is 446 g/mol. The van der Waals surface area contributed by atoms with Crippen molar-refractivity contribution in [2.45, 2.75) is 33.1 Å². The molecule has 30 heavy (non-hydrogen) atoms. The van der Waals surface area contributed by atoms with E-state index < -0.39 is 5.97 Å². The SMILES string of the molecule is CCOC(=O)/C(C#N)=C/c1cc(Br)ccc1OCCOc1ccc(C(C)CC)cc1. The lowest BCUT2D eigenvalue weighted by Gasteiger charge is -2.12. The van der Waals surface area contributed by atoms with Gasteiger partial charge in [-0.05, 0) is 61.2 Å². The zero-order valence-electron chi connectivity index (χ0n) is 17.5. The Labute approximate surface area is 186 Å². The molecule has 0 saturated carbocycles. The van der Waals surface area contributed by atoms with E-state index in [0.29, 0.717) is 30.4 Å². The van der Waals surface area contributed by atoms with E-state index in [4.69, 9.17) is 14.2 Å². The third-order valence-electron chi connectivity index (χ3n) is 4.56. The van der Waals surface area contributed by atoms with Crippen LogP contribution in [0.2, 0.25) is 0 Å². The lowest BCUT2D eigenvalue weighted by atomic mass is 9.99. The number of hydrogen-bond acceptors (Lipinski definition) is 5. The molecule has 5 nitrogen and oxygen atoms in total. The smallest absolute Gasteiger partial charge is 0.348 e. The lowest BCUT2D eigenvalue weighted by Crippen LogP contribution is -2.10. The molecular formula is C24H26BrNO4. The minimum absolute atomic E-state index is 0.0857. The molecule has 6 heteroatoms. The summed E-state index contributed by atoms with van der Waals surface area (Å²) in [5, 5.41) is 9.26. The summed E-state index contributed by atoms with van der Waals surface area (Å²) in [6.45, 7) is 6.95. The van der Waals surface area contributed by atoms with Crippen LogP contribution in [-0.4, -0.2) is 25.8 Å². The largest absolute Gasteiger partial charge is 0.490 e. The molecule has 2 aromatic carbocycles. The van der Waals surface area contributed by atoms with Crippen LogP contribution < -0.4 is 9.47 Å². The van der Waals surface area contributed by atoms with Crippen LogP contribution in [0.5, 0.6) is 11.5 Å². The van der Waals surface area contributed by atoms with Crippen molar-refractivity contribution >= 4 is 28.0 Å². The van der Waals surface area contributed by atoms with Gasteiger partial charge >= 0.3 is 5.97 Å². The van der Waals surface area contributed by atoms with Crippen LogP contribution in [0.3, 0.4) is 0 Å². The first-order valence-electron chi connectivity index (χ1n) is 9.92. The maximum atomic E-state index is 11.9. The van der Waals surface area contributed by atoms with Gasteiger partial charge in [-0.15, -0.1) is 0 Å². The summed E-state index contributed by atoms with van der Waals surface area (Å²) in [5.74, 6) is 1.20. The summed E-state index contributed by atoms with van der Waals surface area (Å²) in [6, 6.07) is 15.4. The summed E-state index contributed by atoms with van der Waals surface area (Å²) in [7, 11) is 0. The highest BCUT2D eigenvalue weighted by Gasteiger charge is 2.12. The number of carbonyl (C=O) groups is 1. The number of rotatable bonds is 10. The Hall–Kier alpha value is -2.78. The average molecular weight is 472 g/mol. The van der Waals surface area contributed by atoms with Crippen molar-refractivity contribution in [2.24, 2.45) is 0 Å². The zero-order chi connectivity index (χ0) is 21.9. The molecule has 1 unspecified atom stereocenters. The quantitative estimate of drug-likeness (QED) is 0.187. The van der Waals surface area contributed by atoms with Gasteiger partial charge in [-0.3, -0.25) is 0 Å². The Morgan fingerprint density at radius 1 is 1.13 bits per heavy atom. The monoisotopic (exact) mass is 471 g/mol. The first kappa shape index (κ1) is 23.5. The Morgan fingerprint density at radius 3 is 2.47 bits per heavy atom. The number of ether oxygens (including phenoxy) is 3. The molecule has 158 valence electrons. The molecule has 0 aliphatic rings. The number of esters is 1. The van der Waals surface area contributed by atoms with E-state index >= 15 is 0 Å². The Bertz CT molecular complexity index is 916. The van der Waals surface area contributed by atoms with E-state index in [1.807, 2.05) is 24.3 Å². The number of benzene rings is 2. The van der Waals surface area contributed by atoms with Gasteiger partial charge in [-0.25, -0.2) is 4.79 Å². The van der Waals surface area contributed by atoms with Gasteiger partial charge in [0.2, 0.25) is 0 Å². The standard InChI is InChI=1S/C24H26BrNO4/c1-4-17(3)18-6-9-22(10-7-18)29-12-13-30-23-11-8-21(25)15-19(23)14-20(16-26)24(27)28-5-2/h6-11,14-15,17H,4-5,12-13H2,1-3H3/b20-14+. The maximum absolute atomic E-state index is 11.9. The molecule has 1 atom stereocenters. The maximum Gasteiger partial charge on any atom is 0.348 e. The number of carbonyl (C=O) groups excluding carboxylic acids is 1. The fourth-order valence-corrected chi connectivity index (χ4v) is 3.08. The highest BCUT2D eigenvalue weighted by molar-refractivity contribution is 9.10. The second-order valence-electron chi connectivity index (χ2n) is 6.65. The third kappa shape index (κ3) is 6.93. The normalized spacial score (nSPS) is 12.0. The van der Waals surface area contributed by atoms with Crippen molar-refractivity contribution in [1.29, 1.82) is 5.26 Å². The van der Waals surface area contributed by atoms with Crippen molar-refractivity contribution in [3.63, 3.8) is 0 Å². The topological polar surface area (TPSA) is 68.6 Å². The van der Waals surface area contributed by atoms with Gasteiger partial charge in [0.1, 0.15) is 36.4 Å². The fourth-order valence-electron chi connectivity index (χ4n) is 2.70. The Balaban J connectivity index is 2.00. The Morgan fingerprint density at radius 2 is 1.83 bits per heavy atom. The lowest BCUT2D eigenvalue weighted by molar-refractivity contribution is -0.137. The van der Waals surface area contributed by atoms with Crippen LogP contribution in [0, 0.1) is 11.3 Å². The summed E-state index contributed by atoms with van der Waals surface area (Å²) in [5.41, 5.74) is 1.81. The van der Waals surface area contributed by atoms with Crippen LogP contribution in [0.4, 0.5) is 0 Å². The number of halogens is 1. The molecule has 0 aliphatic heterocycles. The van der Waals surface area contributed by atoms with Crippen LogP contribution >= 0.6 is 15.9 Å². The van der Waals surface area contributed by atoms with Gasteiger partial charge in [0.25, 0.3) is 0 Å². The summed E-state index contributed by atoms with van der Waals surface area (Å²) >= 11 is 3.40. The van der Waals surface area contributed by atoms with Crippen molar-refractivity contribution in [3.8, 4) is 17.6 Å². The minimum atomic E-state index is -0.657. The molecule has 0 amide bonds. The second kappa shape index (κ2) is 12.0. The minimum Gasteiger partial charge on any atom is -0.490 e. The summed E-state index contributed by atoms with van der Waals surface area (Å²) < 4.78 is 17.3. The molecule has 0 bridgehead atoms. The van der Waals surface area contributed by atoms with E-state index in [1.54, 1.807) is 19.1 Å². The molecule has 0 fully saturated rings. The van der Waals surface area contributed by atoms with Gasteiger partial charge in [-0.2, -0.15) is 5.26 Å². The average Bonchev–Trinajstić information content (AvgIpc) is 2.76. The van der Waals surface area contributed by atoms with Gasteiger partial charge in [0, 0.05) is 10.0 Å². The molecule has 0 aliphatic carbocycles. The van der Waals surface area contributed by atoms with Crippen molar-refractivity contribution in [1.82, 2.24) is 0 Å². The second-order valence-corrected chi connectivity index (χ2v) is 7.56. The van der Waals surface area contributed by atoms with Gasteiger partial charge in [0.05, 0.1) is 6.61 Å². The molecule has 0 N–H and O–H groups in total. The van der Waals surface area contributed by atoms with Crippen molar-refractivity contribution < 1.29 is 19.0 Å². The molecule has 2 aromatic rings. The van der Waals surface area contributed by atoms with Crippen LogP contribution in [0.25, 0.3) is 6.08 Å². The third-order valence-corrected chi connectivity index (χ3v) is 5.05. The van der Waals surface area contributed by atoms with E-state index in [0.717, 1.165) is 16.6 Å². The number of hydrogen-bond donors (Lipinski definition) is 0. The highest BCUT2D eigenvalue weighted by Crippen LogP contribution is 2.26. The summed E-state index contributed by atoms with van der Waals surface area (Å²) in [4.78, 5) is 11.9. The number of nitrogens with zero attached hydrogens (tertiary/aromatic N) is 1. The van der Waals surface area contributed by atoms with E-state index in [1.165, 1.54) is 11.6 Å². The zero-order valence-corrected chi connectivity index (χ0v) is 19.1. The van der Waals surface area contributed by atoms with Gasteiger partial charge in [0.15, 0.2) is 0 Å². The molecule has 0 spiro atoms. The van der Waals surface area contributed by atoms with Crippen molar-refractivity contribution in [3.05, 3.63) is 63.6 Å². The predicted molar refractivity (Wildman–Crippen MR) is 121 cm³/mol. The van der Waals surface area contributed by atoms with E-state index in [2.05, 4.69) is 41.9 Å². The highest BCUT2D eigenvalue weighted by atomic mass is 79.9. The summed E-state index contributed by atoms with van der Waals surface area (Å²) in [6.07, 6.45) is 2.56. The van der Waals surface area contributed by atoms with E-state index in [-0.39, 0.29) is 12.2 Å². The molecule has 2 rings (SSSR count). The van der Waals surface area contributed by atoms with E-state index in [9.17, 15) is 10.1 Å². The first-order chi connectivity index (χ1) is 14.5. The molecule has 0 saturated heterocycles. The Kier molecular flexibility index (Phi) is 9.43. The molecule has 0 aromatic heterocycles. The number of nitriles is 1. The fraction of sp³-hybridized carbons (Fsp3) is 0.333. The van der Waals surface area contributed by atoms with Crippen LogP contribution in [-0.2, 0) is 9.53 Å². The predicted octanol–water partition coefficient (Wildman–Crippen LogP) is 5.89. The van der Waals surface area contributed by atoms with Gasteiger partial charge < -0.3 is 14.2 Å². The molecule has 0 heterocycles. The van der Waals surface area contributed by atoms with Crippen molar-refractivity contribution in [2.75, 3.05) is 19.8 Å².